The molecule has 4 nitrogen and oxygen atoms in total. The Labute approximate surface area is 78.1 Å². The summed E-state index contributed by atoms with van der Waals surface area (Å²) in [6.07, 6.45) is 0. The third kappa shape index (κ3) is 2.34. The zero-order chi connectivity index (χ0) is 9.68. The Bertz CT molecular complexity index is 272. The van der Waals surface area contributed by atoms with Gasteiger partial charge in [-0.3, -0.25) is 0 Å². The topological polar surface area (TPSA) is 90.1 Å². The van der Waals surface area contributed by atoms with Crippen LogP contribution in [-0.4, -0.2) is 13.1 Å². The Morgan fingerprint density at radius 1 is 1.23 bits per heavy atom. The fraction of sp³-hybridized carbons (Fsp3) is 0.333. The first-order chi connectivity index (χ1) is 6.29. The average Bonchev–Trinajstić information content (AvgIpc) is 2.15. The van der Waals surface area contributed by atoms with Crippen LogP contribution in [0.1, 0.15) is 5.56 Å². The van der Waals surface area contributed by atoms with Gasteiger partial charge in [0.1, 0.15) is 0 Å². The molecule has 0 amide bonds. The molecule has 0 aliphatic rings. The van der Waals surface area contributed by atoms with Crippen molar-refractivity contribution in [1.82, 2.24) is 0 Å². The van der Waals surface area contributed by atoms with Gasteiger partial charge in [0.05, 0.1) is 0 Å². The van der Waals surface area contributed by atoms with Gasteiger partial charge < -0.3 is 22.5 Å². The van der Waals surface area contributed by atoms with E-state index in [9.17, 15) is 0 Å². The molecule has 1 aromatic carbocycles. The Morgan fingerprint density at radius 2 is 2.00 bits per heavy atom. The second-order valence-corrected chi connectivity index (χ2v) is 2.79. The van der Waals surface area contributed by atoms with E-state index in [1.165, 1.54) is 0 Å². The average molecular weight is 180 g/mol. The van der Waals surface area contributed by atoms with Gasteiger partial charge in [-0.2, -0.15) is 0 Å². The first kappa shape index (κ1) is 9.83. The van der Waals surface area contributed by atoms with Gasteiger partial charge in [0.25, 0.3) is 0 Å². The molecule has 13 heavy (non-hydrogen) atoms. The van der Waals surface area contributed by atoms with E-state index in [0.29, 0.717) is 13.1 Å². The van der Waals surface area contributed by atoms with Crippen LogP contribution in [0.4, 0.5) is 11.4 Å². The molecule has 0 aliphatic heterocycles. The lowest BCUT2D eigenvalue weighted by molar-refractivity contribution is 1.01. The Balaban J connectivity index is 2.85. The maximum absolute atomic E-state index is 5.75. The van der Waals surface area contributed by atoms with Crippen LogP contribution in [0.25, 0.3) is 0 Å². The molecule has 0 fully saturated rings. The molecule has 1 rings (SSSR count). The molecule has 0 aliphatic carbocycles. The molecular weight excluding hydrogens is 164 g/mol. The van der Waals surface area contributed by atoms with E-state index in [4.69, 9.17) is 17.2 Å². The predicted octanol–water partition coefficient (Wildman–Crippen LogP) is 0.0981. The molecule has 1 aromatic rings. The summed E-state index contributed by atoms with van der Waals surface area (Å²) in [5.41, 5.74) is 19.4. The van der Waals surface area contributed by atoms with Crippen molar-refractivity contribution in [1.29, 1.82) is 0 Å². The molecule has 0 saturated heterocycles. The summed E-state index contributed by atoms with van der Waals surface area (Å²) in [6, 6.07) is 5.69. The van der Waals surface area contributed by atoms with E-state index in [2.05, 4.69) is 5.32 Å². The van der Waals surface area contributed by atoms with E-state index in [1.807, 2.05) is 18.2 Å². The molecule has 0 bridgehead atoms. The van der Waals surface area contributed by atoms with Crippen LogP contribution >= 0.6 is 0 Å². The molecule has 72 valence electrons. The third-order valence-corrected chi connectivity index (χ3v) is 1.88. The predicted molar refractivity (Wildman–Crippen MR) is 56.3 cm³/mol. The van der Waals surface area contributed by atoms with Crippen LogP contribution in [0.15, 0.2) is 18.2 Å². The number of nitrogens with one attached hydrogen (secondary N) is 1. The normalized spacial score (nSPS) is 10.0. The van der Waals surface area contributed by atoms with Crippen molar-refractivity contribution in [3.63, 3.8) is 0 Å². The van der Waals surface area contributed by atoms with Gasteiger partial charge in [-0.1, -0.05) is 6.07 Å². The van der Waals surface area contributed by atoms with E-state index < -0.39 is 0 Å². The van der Waals surface area contributed by atoms with E-state index >= 15 is 0 Å². The van der Waals surface area contributed by atoms with Crippen LogP contribution in [0, 0.1) is 0 Å². The van der Waals surface area contributed by atoms with Crippen LogP contribution in [0.3, 0.4) is 0 Å². The quantitative estimate of drug-likeness (QED) is 0.495. The first-order valence-electron chi connectivity index (χ1n) is 4.31. The van der Waals surface area contributed by atoms with Crippen molar-refractivity contribution >= 4 is 11.4 Å². The molecule has 0 unspecified atom stereocenters. The summed E-state index contributed by atoms with van der Waals surface area (Å²) >= 11 is 0. The largest absolute Gasteiger partial charge is 0.398 e. The number of nitrogens with two attached hydrogens (primary N) is 3. The molecule has 4 heteroatoms. The SMILES string of the molecule is NCCNc1cccc(N)c1CN. The second-order valence-electron chi connectivity index (χ2n) is 2.79. The van der Waals surface area contributed by atoms with Crippen molar-refractivity contribution in [2.45, 2.75) is 6.54 Å². The van der Waals surface area contributed by atoms with Gasteiger partial charge in [0, 0.05) is 36.6 Å². The summed E-state index contributed by atoms with van der Waals surface area (Å²) in [6.45, 7) is 1.77. The number of hydrogen-bond acceptors (Lipinski definition) is 4. The molecule has 0 heterocycles. The number of hydrogen-bond donors (Lipinski definition) is 4. The zero-order valence-corrected chi connectivity index (χ0v) is 7.59. The molecule has 7 N–H and O–H groups in total. The Morgan fingerprint density at radius 3 is 2.62 bits per heavy atom. The summed E-state index contributed by atoms with van der Waals surface area (Å²) < 4.78 is 0. The van der Waals surface area contributed by atoms with Crippen molar-refractivity contribution in [3.8, 4) is 0 Å². The van der Waals surface area contributed by atoms with Crippen LogP contribution in [-0.2, 0) is 6.54 Å². The maximum atomic E-state index is 5.75. The van der Waals surface area contributed by atoms with Crippen LogP contribution < -0.4 is 22.5 Å². The number of benzene rings is 1. The fourth-order valence-corrected chi connectivity index (χ4v) is 1.20. The van der Waals surface area contributed by atoms with Gasteiger partial charge in [-0.15, -0.1) is 0 Å². The minimum absolute atomic E-state index is 0.444. The van der Waals surface area contributed by atoms with Gasteiger partial charge in [0.2, 0.25) is 0 Å². The zero-order valence-electron chi connectivity index (χ0n) is 7.59. The highest BCUT2D eigenvalue weighted by molar-refractivity contribution is 5.63. The minimum Gasteiger partial charge on any atom is -0.398 e. The lowest BCUT2D eigenvalue weighted by atomic mass is 10.1. The first-order valence-corrected chi connectivity index (χ1v) is 4.31. The molecule has 0 radical (unpaired) electrons. The lowest BCUT2D eigenvalue weighted by Gasteiger charge is -2.11. The third-order valence-electron chi connectivity index (χ3n) is 1.88. The highest BCUT2D eigenvalue weighted by Crippen LogP contribution is 2.20. The lowest BCUT2D eigenvalue weighted by Crippen LogP contribution is -2.15. The van der Waals surface area contributed by atoms with Gasteiger partial charge in [0.15, 0.2) is 0 Å². The molecular formula is C9H16N4. The Kier molecular flexibility index (Phi) is 3.54. The highest BCUT2D eigenvalue weighted by atomic mass is 14.9. The fourth-order valence-electron chi connectivity index (χ4n) is 1.20. The minimum atomic E-state index is 0.444. The Hall–Kier alpha value is -1.26. The summed E-state index contributed by atoms with van der Waals surface area (Å²) in [7, 11) is 0. The summed E-state index contributed by atoms with van der Waals surface area (Å²) in [5.74, 6) is 0. The van der Waals surface area contributed by atoms with Crippen LogP contribution in [0.5, 0.6) is 0 Å². The molecule has 0 atom stereocenters. The van der Waals surface area contributed by atoms with Crippen molar-refractivity contribution in [3.05, 3.63) is 23.8 Å². The second kappa shape index (κ2) is 4.69. The van der Waals surface area contributed by atoms with Crippen molar-refractivity contribution in [2.24, 2.45) is 11.5 Å². The molecule has 0 spiro atoms. The van der Waals surface area contributed by atoms with Gasteiger partial charge in [-0.05, 0) is 12.1 Å². The van der Waals surface area contributed by atoms with Crippen molar-refractivity contribution < 1.29 is 0 Å². The smallest absolute Gasteiger partial charge is 0.0406 e. The van der Waals surface area contributed by atoms with Gasteiger partial charge in [-0.25, -0.2) is 0 Å². The highest BCUT2D eigenvalue weighted by Gasteiger charge is 2.02. The van der Waals surface area contributed by atoms with Crippen molar-refractivity contribution in [2.75, 3.05) is 24.1 Å². The van der Waals surface area contributed by atoms with Crippen LogP contribution in [0.2, 0.25) is 0 Å². The monoisotopic (exact) mass is 180 g/mol. The standard InChI is InChI=1S/C9H16N4/c10-4-5-13-9-3-1-2-8(12)7(9)6-11/h1-3,13H,4-6,10-12H2. The summed E-state index contributed by atoms with van der Waals surface area (Å²) in [4.78, 5) is 0. The van der Waals surface area contributed by atoms with E-state index in [0.717, 1.165) is 23.5 Å². The van der Waals surface area contributed by atoms with E-state index in [1.54, 1.807) is 0 Å². The number of anilines is 2. The maximum Gasteiger partial charge on any atom is 0.0406 e. The van der Waals surface area contributed by atoms with Gasteiger partial charge >= 0.3 is 0 Å². The molecule has 0 saturated carbocycles. The van der Waals surface area contributed by atoms with E-state index in [-0.39, 0.29) is 0 Å². The molecule has 0 aromatic heterocycles. The summed E-state index contributed by atoms with van der Waals surface area (Å²) in [5, 5.41) is 3.17. The number of nitrogen functional groups attached to an aromatic ring is 1. The number of rotatable bonds is 4.